The molecule has 234 valence electrons. The topological polar surface area (TPSA) is 0 Å². The standard InChI is InChI=1S/C48H30S2/c1-3-11-35-30(7-1)9-5-13-37(35)32-17-15-29(16-18-32)33-19-21-39-41-23-24-42-40-22-20-34(38-14-6-10-31-8-2-4-12-36(31)38)28-46(40)50-44-26-25-43(47(41)48(42)44)49-45(39)27-33/h1-19,21,23-28H,20,22H2. The molecule has 0 bridgehead atoms. The molecule has 8 aromatic carbocycles. The van der Waals surface area contributed by atoms with Crippen LogP contribution in [0.2, 0.25) is 0 Å². The van der Waals surface area contributed by atoms with Crippen LogP contribution < -0.4 is 0 Å². The molecule has 3 aliphatic rings. The Labute approximate surface area is 300 Å². The van der Waals surface area contributed by atoms with Gasteiger partial charge in [0.05, 0.1) is 0 Å². The van der Waals surface area contributed by atoms with Gasteiger partial charge in [0.25, 0.3) is 0 Å². The van der Waals surface area contributed by atoms with E-state index in [4.69, 9.17) is 0 Å². The smallest absolute Gasteiger partial charge is 0.0208 e. The SMILES string of the molecule is C1=C(c2cccc3ccccc23)CCC2=C1Sc1ccc3c4c(ccc2c14)-c1ccc(-c2ccc(-c4cccc5ccccc45)cc2)cc1S3. The lowest BCUT2D eigenvalue weighted by Gasteiger charge is -2.30. The van der Waals surface area contributed by atoms with Crippen molar-refractivity contribution in [2.75, 3.05) is 0 Å². The summed E-state index contributed by atoms with van der Waals surface area (Å²) in [6, 6.07) is 56.4. The first-order valence-electron chi connectivity index (χ1n) is 17.4. The van der Waals surface area contributed by atoms with Gasteiger partial charge in [0.1, 0.15) is 0 Å². The highest BCUT2D eigenvalue weighted by atomic mass is 32.2. The van der Waals surface area contributed by atoms with Crippen molar-refractivity contribution in [3.8, 4) is 33.4 Å². The van der Waals surface area contributed by atoms with Crippen molar-refractivity contribution in [1.29, 1.82) is 0 Å². The van der Waals surface area contributed by atoms with E-state index in [0.29, 0.717) is 0 Å². The molecule has 11 rings (SSSR count). The van der Waals surface area contributed by atoms with Crippen LogP contribution in [-0.4, -0.2) is 0 Å². The van der Waals surface area contributed by atoms with Crippen LogP contribution in [0.3, 0.4) is 0 Å². The van der Waals surface area contributed by atoms with E-state index in [2.05, 4.69) is 158 Å². The summed E-state index contributed by atoms with van der Waals surface area (Å²) in [6.45, 7) is 0. The largest absolute Gasteiger partial charge is 0.0891 e. The second-order valence-electron chi connectivity index (χ2n) is 13.5. The number of fused-ring (bicyclic) bond motifs is 5. The summed E-state index contributed by atoms with van der Waals surface area (Å²) in [7, 11) is 0. The molecule has 50 heavy (non-hydrogen) atoms. The fraction of sp³-hybridized carbons (Fsp3) is 0.0417. The molecule has 0 unspecified atom stereocenters. The van der Waals surface area contributed by atoms with E-state index in [1.807, 2.05) is 23.5 Å². The molecular weight excluding hydrogens is 641 g/mol. The Balaban J connectivity index is 0.959. The highest BCUT2D eigenvalue weighted by molar-refractivity contribution is 8.03. The monoisotopic (exact) mass is 670 g/mol. The van der Waals surface area contributed by atoms with Crippen molar-refractivity contribution in [3.05, 3.63) is 174 Å². The molecule has 0 nitrogen and oxygen atoms in total. The van der Waals surface area contributed by atoms with E-state index < -0.39 is 0 Å². The number of hydrogen-bond acceptors (Lipinski definition) is 2. The van der Waals surface area contributed by atoms with Crippen molar-refractivity contribution in [2.24, 2.45) is 0 Å². The van der Waals surface area contributed by atoms with Gasteiger partial charge in [-0.3, -0.25) is 0 Å². The van der Waals surface area contributed by atoms with E-state index in [9.17, 15) is 0 Å². The Morgan fingerprint density at radius 1 is 0.380 bits per heavy atom. The van der Waals surface area contributed by atoms with Gasteiger partial charge in [-0.15, -0.1) is 0 Å². The van der Waals surface area contributed by atoms with Crippen LogP contribution in [0.15, 0.2) is 177 Å². The minimum atomic E-state index is 1.06. The first kappa shape index (κ1) is 28.5. The van der Waals surface area contributed by atoms with E-state index in [1.54, 1.807) is 0 Å². The van der Waals surface area contributed by atoms with Gasteiger partial charge >= 0.3 is 0 Å². The second kappa shape index (κ2) is 11.1. The Morgan fingerprint density at radius 2 is 0.980 bits per heavy atom. The average molecular weight is 671 g/mol. The van der Waals surface area contributed by atoms with Crippen LogP contribution in [0.1, 0.15) is 24.0 Å². The van der Waals surface area contributed by atoms with Gasteiger partial charge in [0.2, 0.25) is 0 Å². The van der Waals surface area contributed by atoms with E-state index in [0.717, 1.165) is 12.8 Å². The molecule has 1 aliphatic carbocycles. The van der Waals surface area contributed by atoms with Gasteiger partial charge in [-0.1, -0.05) is 157 Å². The average Bonchev–Trinajstić information content (AvgIpc) is 3.18. The molecule has 0 aromatic heterocycles. The van der Waals surface area contributed by atoms with E-state index >= 15 is 0 Å². The minimum Gasteiger partial charge on any atom is -0.0891 e. The molecule has 0 atom stereocenters. The maximum atomic E-state index is 2.48. The van der Waals surface area contributed by atoms with E-state index in [-0.39, 0.29) is 0 Å². The van der Waals surface area contributed by atoms with Gasteiger partial charge in [0, 0.05) is 30.4 Å². The summed E-state index contributed by atoms with van der Waals surface area (Å²) in [5.74, 6) is 0. The predicted octanol–water partition coefficient (Wildman–Crippen LogP) is 14.3. The Morgan fingerprint density at radius 3 is 1.78 bits per heavy atom. The zero-order valence-corrected chi connectivity index (χ0v) is 28.9. The zero-order valence-electron chi connectivity index (χ0n) is 27.2. The number of rotatable bonds is 3. The maximum absolute atomic E-state index is 2.48. The molecule has 8 aromatic rings. The van der Waals surface area contributed by atoms with Gasteiger partial charge < -0.3 is 0 Å². The van der Waals surface area contributed by atoms with Crippen LogP contribution in [0, 0.1) is 0 Å². The summed E-state index contributed by atoms with van der Waals surface area (Å²) in [5, 5.41) is 8.10. The quantitative estimate of drug-likeness (QED) is 0.183. The summed E-state index contributed by atoms with van der Waals surface area (Å²) < 4.78 is 0. The lowest BCUT2D eigenvalue weighted by Crippen LogP contribution is -2.04. The van der Waals surface area contributed by atoms with Crippen LogP contribution >= 0.6 is 23.5 Å². The van der Waals surface area contributed by atoms with Gasteiger partial charge in [-0.2, -0.15) is 0 Å². The summed E-state index contributed by atoms with van der Waals surface area (Å²) >= 11 is 3.89. The molecular formula is C48H30S2. The van der Waals surface area contributed by atoms with E-state index in [1.165, 1.54) is 108 Å². The summed E-state index contributed by atoms with van der Waals surface area (Å²) in [5.41, 5.74) is 13.5. The molecule has 0 saturated carbocycles. The summed E-state index contributed by atoms with van der Waals surface area (Å²) in [4.78, 5) is 5.49. The first-order valence-corrected chi connectivity index (χ1v) is 19.0. The molecule has 0 spiro atoms. The van der Waals surface area contributed by atoms with Crippen molar-refractivity contribution >= 4 is 67.0 Å². The van der Waals surface area contributed by atoms with Crippen molar-refractivity contribution < 1.29 is 0 Å². The first-order chi connectivity index (χ1) is 24.8. The third kappa shape index (κ3) is 4.35. The van der Waals surface area contributed by atoms with Crippen molar-refractivity contribution in [2.45, 2.75) is 27.5 Å². The van der Waals surface area contributed by atoms with Gasteiger partial charge in [0.15, 0.2) is 0 Å². The highest BCUT2D eigenvalue weighted by Crippen LogP contribution is 2.56. The molecule has 0 radical (unpaired) electrons. The molecule has 0 fully saturated rings. The van der Waals surface area contributed by atoms with Gasteiger partial charge in [-0.05, 0) is 114 Å². The highest BCUT2D eigenvalue weighted by Gasteiger charge is 2.29. The zero-order chi connectivity index (χ0) is 32.8. The molecule has 2 heterocycles. The number of hydrogen-bond donors (Lipinski definition) is 0. The van der Waals surface area contributed by atoms with Gasteiger partial charge in [-0.25, -0.2) is 0 Å². The molecule has 0 N–H and O–H groups in total. The molecule has 0 amide bonds. The van der Waals surface area contributed by atoms with Crippen LogP contribution in [0.4, 0.5) is 0 Å². The fourth-order valence-electron chi connectivity index (χ4n) is 8.42. The number of allylic oxidation sites excluding steroid dienone is 3. The second-order valence-corrected chi connectivity index (χ2v) is 15.7. The predicted molar refractivity (Wildman–Crippen MR) is 216 cm³/mol. The van der Waals surface area contributed by atoms with Crippen LogP contribution in [0.25, 0.3) is 76.8 Å². The Kier molecular flexibility index (Phi) is 6.35. The van der Waals surface area contributed by atoms with Crippen LogP contribution in [-0.2, 0) is 0 Å². The molecule has 0 saturated heterocycles. The minimum absolute atomic E-state index is 1.06. The van der Waals surface area contributed by atoms with Crippen molar-refractivity contribution in [1.82, 2.24) is 0 Å². The molecule has 2 aliphatic heterocycles. The maximum Gasteiger partial charge on any atom is 0.0208 e. The Bertz CT molecular complexity index is 2790. The Hall–Kier alpha value is -5.28. The lowest BCUT2D eigenvalue weighted by atomic mass is 9.84. The normalized spacial score (nSPS) is 14.5. The number of benzene rings is 8. The fourth-order valence-corrected chi connectivity index (χ4v) is 10.8. The number of thioether (sulfide) groups is 1. The van der Waals surface area contributed by atoms with Crippen LogP contribution in [0.5, 0.6) is 0 Å². The third-order valence-corrected chi connectivity index (χ3v) is 13.1. The molecule has 2 heteroatoms. The lowest BCUT2D eigenvalue weighted by molar-refractivity contribution is 1.07. The van der Waals surface area contributed by atoms with Crippen molar-refractivity contribution in [3.63, 3.8) is 0 Å². The third-order valence-electron chi connectivity index (χ3n) is 10.8. The summed E-state index contributed by atoms with van der Waals surface area (Å²) in [6.07, 6.45) is 4.62.